The van der Waals surface area contributed by atoms with Gasteiger partial charge in [-0.3, -0.25) is 9.59 Å². The highest BCUT2D eigenvalue weighted by Crippen LogP contribution is 2.32. The first-order valence-electron chi connectivity index (χ1n) is 10.0. The lowest BCUT2D eigenvalue weighted by molar-refractivity contribution is -0.128. The molecular weight excluding hydrogens is 338 g/mol. The number of hydrogen-bond donors (Lipinski definition) is 2. The highest BCUT2D eigenvalue weighted by Gasteiger charge is 2.30. The summed E-state index contributed by atoms with van der Waals surface area (Å²) in [7, 11) is 3.99. The Hall–Kier alpha value is -1.88. The summed E-state index contributed by atoms with van der Waals surface area (Å²) in [5.41, 5.74) is 2.03. The molecule has 2 N–H and O–H groups in total. The fourth-order valence-corrected chi connectivity index (χ4v) is 3.65. The van der Waals surface area contributed by atoms with Crippen molar-refractivity contribution in [1.29, 1.82) is 0 Å². The van der Waals surface area contributed by atoms with E-state index in [0.29, 0.717) is 6.54 Å². The van der Waals surface area contributed by atoms with Crippen molar-refractivity contribution in [2.24, 2.45) is 11.8 Å². The maximum absolute atomic E-state index is 12.8. The van der Waals surface area contributed by atoms with Crippen LogP contribution in [0.2, 0.25) is 0 Å². The van der Waals surface area contributed by atoms with Gasteiger partial charge in [-0.2, -0.15) is 0 Å². The molecule has 2 amide bonds. The van der Waals surface area contributed by atoms with Gasteiger partial charge in [-0.05, 0) is 56.8 Å². The number of carbonyl (C=O) groups is 2. The molecule has 2 rings (SSSR count). The highest BCUT2D eigenvalue weighted by molar-refractivity contribution is 5.93. The van der Waals surface area contributed by atoms with Gasteiger partial charge in [0.2, 0.25) is 11.8 Å². The molecule has 0 aliphatic heterocycles. The number of hydrogen-bond acceptors (Lipinski definition) is 3. The van der Waals surface area contributed by atoms with Crippen LogP contribution < -0.4 is 10.6 Å². The summed E-state index contributed by atoms with van der Waals surface area (Å²) in [6.45, 7) is 7.97. The third-order valence-electron chi connectivity index (χ3n) is 5.32. The van der Waals surface area contributed by atoms with E-state index in [1.54, 1.807) is 0 Å². The SMILES string of the molecule is CN(C)CCNC(=O)C1CCC(C(=O)Nc2ccccc2C(C)(C)C)CC1. The number of carbonyl (C=O) groups excluding carboxylic acids is 2. The van der Waals surface area contributed by atoms with E-state index in [1.807, 2.05) is 32.3 Å². The van der Waals surface area contributed by atoms with Crippen molar-refractivity contribution in [2.75, 3.05) is 32.5 Å². The molecule has 150 valence electrons. The number of amides is 2. The van der Waals surface area contributed by atoms with Gasteiger partial charge in [-0.25, -0.2) is 0 Å². The molecule has 1 aliphatic rings. The van der Waals surface area contributed by atoms with Crippen molar-refractivity contribution >= 4 is 17.5 Å². The molecule has 0 saturated heterocycles. The van der Waals surface area contributed by atoms with E-state index in [1.165, 1.54) is 0 Å². The van der Waals surface area contributed by atoms with Crippen LogP contribution in [0, 0.1) is 11.8 Å². The summed E-state index contributed by atoms with van der Waals surface area (Å²) in [6.07, 6.45) is 3.12. The average Bonchev–Trinajstić information content (AvgIpc) is 2.61. The number of anilines is 1. The van der Waals surface area contributed by atoms with Crippen LogP contribution in [0.3, 0.4) is 0 Å². The minimum Gasteiger partial charge on any atom is -0.355 e. The Kier molecular flexibility index (Phi) is 7.42. The predicted octanol–water partition coefficient (Wildman–Crippen LogP) is 3.41. The van der Waals surface area contributed by atoms with Crippen LogP contribution in [0.25, 0.3) is 0 Å². The summed E-state index contributed by atoms with van der Waals surface area (Å²) >= 11 is 0. The Morgan fingerprint density at radius 1 is 1.00 bits per heavy atom. The molecular formula is C22H35N3O2. The lowest BCUT2D eigenvalue weighted by Crippen LogP contribution is -2.38. The molecule has 1 aromatic rings. The maximum Gasteiger partial charge on any atom is 0.227 e. The Labute approximate surface area is 163 Å². The van der Waals surface area contributed by atoms with Crippen LogP contribution in [-0.2, 0) is 15.0 Å². The molecule has 5 nitrogen and oxygen atoms in total. The van der Waals surface area contributed by atoms with Gasteiger partial charge in [0.25, 0.3) is 0 Å². The first-order valence-corrected chi connectivity index (χ1v) is 10.0. The van der Waals surface area contributed by atoms with Crippen LogP contribution >= 0.6 is 0 Å². The van der Waals surface area contributed by atoms with E-state index < -0.39 is 0 Å². The van der Waals surface area contributed by atoms with Gasteiger partial charge in [0.1, 0.15) is 0 Å². The zero-order valence-corrected chi connectivity index (χ0v) is 17.5. The first kappa shape index (κ1) is 21.4. The van der Waals surface area contributed by atoms with E-state index in [9.17, 15) is 9.59 Å². The van der Waals surface area contributed by atoms with Crippen molar-refractivity contribution in [2.45, 2.75) is 51.9 Å². The molecule has 0 heterocycles. The number of nitrogens with one attached hydrogen (secondary N) is 2. The zero-order chi connectivity index (χ0) is 20.0. The molecule has 27 heavy (non-hydrogen) atoms. The highest BCUT2D eigenvalue weighted by atomic mass is 16.2. The molecule has 1 fully saturated rings. The quantitative estimate of drug-likeness (QED) is 0.803. The van der Waals surface area contributed by atoms with E-state index in [0.717, 1.165) is 43.5 Å². The normalized spacial score (nSPS) is 20.4. The van der Waals surface area contributed by atoms with Crippen molar-refractivity contribution in [3.05, 3.63) is 29.8 Å². The third kappa shape index (κ3) is 6.35. The van der Waals surface area contributed by atoms with Gasteiger partial charge in [-0.1, -0.05) is 39.0 Å². The van der Waals surface area contributed by atoms with Crippen LogP contribution in [-0.4, -0.2) is 43.9 Å². The van der Waals surface area contributed by atoms with Crippen LogP contribution in [0.1, 0.15) is 52.0 Å². The van der Waals surface area contributed by atoms with E-state index >= 15 is 0 Å². The Bertz CT molecular complexity index is 641. The number of rotatable bonds is 6. The van der Waals surface area contributed by atoms with Crippen LogP contribution in [0.5, 0.6) is 0 Å². The van der Waals surface area contributed by atoms with Gasteiger partial charge >= 0.3 is 0 Å². The van der Waals surface area contributed by atoms with Crippen molar-refractivity contribution in [1.82, 2.24) is 10.2 Å². The predicted molar refractivity (Wildman–Crippen MR) is 111 cm³/mol. The fraction of sp³-hybridized carbons (Fsp3) is 0.636. The average molecular weight is 374 g/mol. The number of benzene rings is 1. The van der Waals surface area contributed by atoms with E-state index in [4.69, 9.17) is 0 Å². The molecule has 1 aliphatic carbocycles. The Balaban J connectivity index is 1.86. The van der Waals surface area contributed by atoms with Gasteiger partial charge in [0.05, 0.1) is 0 Å². The van der Waals surface area contributed by atoms with E-state index in [-0.39, 0.29) is 29.1 Å². The molecule has 1 saturated carbocycles. The summed E-state index contributed by atoms with van der Waals surface area (Å²) < 4.78 is 0. The summed E-state index contributed by atoms with van der Waals surface area (Å²) in [6, 6.07) is 8.02. The standard InChI is InChI=1S/C22H35N3O2/c1-22(2,3)18-8-6-7-9-19(18)24-21(27)17-12-10-16(11-13-17)20(26)23-14-15-25(4)5/h6-9,16-17H,10-15H2,1-5H3,(H,23,26)(H,24,27). The third-order valence-corrected chi connectivity index (χ3v) is 5.32. The monoisotopic (exact) mass is 373 g/mol. The van der Waals surface area contributed by atoms with Crippen molar-refractivity contribution in [3.63, 3.8) is 0 Å². The largest absolute Gasteiger partial charge is 0.355 e. The maximum atomic E-state index is 12.8. The van der Waals surface area contributed by atoms with Gasteiger partial charge in [0, 0.05) is 30.6 Å². The van der Waals surface area contributed by atoms with E-state index in [2.05, 4.69) is 42.4 Å². The summed E-state index contributed by atoms with van der Waals surface area (Å²) in [5.74, 6) is 0.244. The lowest BCUT2D eigenvalue weighted by Gasteiger charge is -2.28. The molecule has 0 radical (unpaired) electrons. The molecule has 1 aromatic carbocycles. The topological polar surface area (TPSA) is 61.4 Å². The van der Waals surface area contributed by atoms with Gasteiger partial charge < -0.3 is 15.5 Å². The minimum atomic E-state index is -0.0216. The molecule has 0 spiro atoms. The summed E-state index contributed by atoms with van der Waals surface area (Å²) in [4.78, 5) is 27.1. The van der Waals surface area contributed by atoms with Crippen molar-refractivity contribution < 1.29 is 9.59 Å². The summed E-state index contributed by atoms with van der Waals surface area (Å²) in [5, 5.41) is 6.14. The number of para-hydroxylation sites is 1. The molecule has 0 unspecified atom stereocenters. The van der Waals surface area contributed by atoms with Crippen LogP contribution in [0.4, 0.5) is 5.69 Å². The second-order valence-corrected chi connectivity index (χ2v) is 8.93. The first-order chi connectivity index (χ1) is 12.7. The minimum absolute atomic E-state index is 0.0103. The van der Waals surface area contributed by atoms with Gasteiger partial charge in [-0.15, -0.1) is 0 Å². The lowest BCUT2D eigenvalue weighted by atomic mass is 9.81. The molecule has 5 heteroatoms. The van der Waals surface area contributed by atoms with Gasteiger partial charge in [0.15, 0.2) is 0 Å². The molecule has 0 bridgehead atoms. The smallest absolute Gasteiger partial charge is 0.227 e. The zero-order valence-electron chi connectivity index (χ0n) is 17.5. The fourth-order valence-electron chi connectivity index (χ4n) is 3.65. The second kappa shape index (κ2) is 9.36. The Morgan fingerprint density at radius 3 is 2.11 bits per heavy atom. The van der Waals surface area contributed by atoms with Crippen molar-refractivity contribution in [3.8, 4) is 0 Å². The Morgan fingerprint density at radius 2 is 1.56 bits per heavy atom. The second-order valence-electron chi connectivity index (χ2n) is 8.93. The number of likely N-dealkylation sites (N-methyl/N-ethyl adjacent to an activating group) is 1. The molecule has 0 atom stereocenters. The van der Waals surface area contributed by atoms with Crippen LogP contribution in [0.15, 0.2) is 24.3 Å². The number of nitrogens with zero attached hydrogens (tertiary/aromatic N) is 1. The molecule has 0 aromatic heterocycles.